The smallest absolute Gasteiger partial charge is 0.271 e. The predicted molar refractivity (Wildman–Crippen MR) is 106 cm³/mol. The summed E-state index contributed by atoms with van der Waals surface area (Å²) in [5.41, 5.74) is 3.40. The minimum absolute atomic E-state index is 0.129. The molecule has 140 valence electrons. The molecule has 0 spiro atoms. The molecule has 6 nitrogen and oxygen atoms in total. The third kappa shape index (κ3) is 3.80. The van der Waals surface area contributed by atoms with Gasteiger partial charge in [-0.3, -0.25) is 9.48 Å². The van der Waals surface area contributed by atoms with Crippen LogP contribution in [-0.4, -0.2) is 32.0 Å². The summed E-state index contributed by atoms with van der Waals surface area (Å²) in [7, 11) is 1.86. The molecular formula is C21H24N4O2. The molecule has 2 unspecified atom stereocenters. The van der Waals surface area contributed by atoms with Gasteiger partial charge < -0.3 is 15.4 Å². The van der Waals surface area contributed by atoms with Crippen molar-refractivity contribution < 1.29 is 5.11 Å². The van der Waals surface area contributed by atoms with Crippen molar-refractivity contribution in [1.29, 1.82) is 0 Å². The number of anilines is 1. The monoisotopic (exact) mass is 364 g/mol. The van der Waals surface area contributed by atoms with Crippen LogP contribution >= 0.6 is 0 Å². The molecule has 0 amide bonds. The second-order valence-electron chi connectivity index (χ2n) is 7.27. The van der Waals surface area contributed by atoms with Crippen molar-refractivity contribution in [2.24, 2.45) is 7.05 Å². The molecule has 0 aliphatic heterocycles. The Kier molecular flexibility index (Phi) is 4.81. The lowest BCUT2D eigenvalue weighted by Gasteiger charge is -2.34. The number of nitrogens with one attached hydrogen (secondary N) is 2. The molecule has 2 aromatic heterocycles. The molecule has 0 saturated heterocycles. The molecule has 0 bridgehead atoms. The fraction of sp³-hybridized carbons (Fsp3) is 0.333. The zero-order valence-corrected chi connectivity index (χ0v) is 15.3. The van der Waals surface area contributed by atoms with Crippen molar-refractivity contribution in [3.8, 4) is 11.1 Å². The van der Waals surface area contributed by atoms with E-state index in [0.717, 1.165) is 24.0 Å². The summed E-state index contributed by atoms with van der Waals surface area (Å²) in [6.07, 6.45) is 7.35. The third-order valence-electron chi connectivity index (χ3n) is 5.37. The van der Waals surface area contributed by atoms with Gasteiger partial charge in [-0.05, 0) is 36.8 Å². The van der Waals surface area contributed by atoms with Gasteiger partial charge in [0.1, 0.15) is 5.69 Å². The first-order valence-corrected chi connectivity index (χ1v) is 9.31. The topological polar surface area (TPSA) is 82.9 Å². The highest BCUT2D eigenvalue weighted by molar-refractivity contribution is 5.65. The molecule has 3 atom stereocenters. The Labute approximate surface area is 157 Å². The highest BCUT2D eigenvalue weighted by Crippen LogP contribution is 2.34. The summed E-state index contributed by atoms with van der Waals surface area (Å²) in [4.78, 5) is 15.0. The Balaban J connectivity index is 1.49. The molecule has 1 fully saturated rings. The molecule has 1 saturated carbocycles. The van der Waals surface area contributed by atoms with E-state index in [0.29, 0.717) is 18.0 Å². The largest absolute Gasteiger partial charge is 0.391 e. The van der Waals surface area contributed by atoms with Crippen molar-refractivity contribution in [3.63, 3.8) is 0 Å². The zero-order valence-electron chi connectivity index (χ0n) is 15.3. The summed E-state index contributed by atoms with van der Waals surface area (Å²) in [6, 6.07) is 12.0. The van der Waals surface area contributed by atoms with Crippen LogP contribution < -0.4 is 10.9 Å². The van der Waals surface area contributed by atoms with Crippen molar-refractivity contribution >= 4 is 5.69 Å². The van der Waals surface area contributed by atoms with E-state index in [2.05, 4.69) is 27.5 Å². The number of benzene rings is 1. The van der Waals surface area contributed by atoms with Crippen molar-refractivity contribution in [1.82, 2.24) is 14.8 Å². The van der Waals surface area contributed by atoms with Gasteiger partial charge in [0.2, 0.25) is 0 Å². The molecule has 1 aliphatic carbocycles. The van der Waals surface area contributed by atoms with Crippen LogP contribution in [0.2, 0.25) is 0 Å². The number of aryl methyl sites for hydroxylation is 1. The summed E-state index contributed by atoms with van der Waals surface area (Å²) in [5.74, 6) is 0.360. The minimum atomic E-state index is -0.495. The van der Waals surface area contributed by atoms with Gasteiger partial charge in [-0.25, -0.2) is 0 Å². The first-order chi connectivity index (χ1) is 13.1. The summed E-state index contributed by atoms with van der Waals surface area (Å²) in [6.45, 7) is 0. The Bertz CT molecular complexity index is 964. The summed E-state index contributed by atoms with van der Waals surface area (Å²) < 4.78 is 1.72. The van der Waals surface area contributed by atoms with Crippen LogP contribution in [0.4, 0.5) is 5.69 Å². The van der Waals surface area contributed by atoms with Gasteiger partial charge in [0.25, 0.3) is 5.56 Å². The Hall–Kier alpha value is -2.86. The third-order valence-corrected chi connectivity index (χ3v) is 5.37. The number of aromatic nitrogens is 3. The van der Waals surface area contributed by atoms with Crippen LogP contribution in [0, 0.1) is 0 Å². The average molecular weight is 364 g/mol. The Morgan fingerprint density at radius 1 is 1.22 bits per heavy atom. The molecule has 2 heterocycles. The zero-order chi connectivity index (χ0) is 18.8. The molecule has 0 radical (unpaired) electrons. The lowest BCUT2D eigenvalue weighted by atomic mass is 9.80. The molecule has 3 aromatic rings. The summed E-state index contributed by atoms with van der Waals surface area (Å²) in [5, 5.41) is 18.1. The quantitative estimate of drug-likeness (QED) is 0.665. The highest BCUT2D eigenvalue weighted by Gasteiger charge is 2.30. The predicted octanol–water partition coefficient (Wildman–Crippen LogP) is 2.88. The number of pyridine rings is 1. The maximum atomic E-state index is 12.3. The number of aliphatic hydroxyl groups is 1. The number of H-pyrrole nitrogens is 1. The van der Waals surface area contributed by atoms with E-state index in [1.54, 1.807) is 17.1 Å². The number of hydrogen-bond donors (Lipinski definition) is 3. The van der Waals surface area contributed by atoms with E-state index in [-0.39, 0.29) is 11.6 Å². The fourth-order valence-electron chi connectivity index (χ4n) is 3.87. The molecule has 27 heavy (non-hydrogen) atoms. The van der Waals surface area contributed by atoms with Gasteiger partial charge in [0.05, 0.1) is 18.3 Å². The fourth-order valence-corrected chi connectivity index (χ4v) is 3.87. The van der Waals surface area contributed by atoms with Crippen LogP contribution in [0.25, 0.3) is 11.1 Å². The number of rotatable bonds is 4. The van der Waals surface area contributed by atoms with Gasteiger partial charge in [-0.2, -0.15) is 5.10 Å². The molecular weight excluding hydrogens is 340 g/mol. The lowest BCUT2D eigenvalue weighted by Crippen LogP contribution is -2.40. The normalized spacial score (nSPS) is 22.5. The van der Waals surface area contributed by atoms with E-state index in [4.69, 9.17) is 0 Å². The van der Waals surface area contributed by atoms with Crippen LogP contribution in [-0.2, 0) is 7.05 Å². The van der Waals surface area contributed by atoms with Gasteiger partial charge >= 0.3 is 0 Å². The SMILES string of the molecule is Cn1cc(-c2c[nH]c(=O)c(NC3CC[C@@H](c4ccccc4)CC3O)c2)cn1. The maximum Gasteiger partial charge on any atom is 0.271 e. The first kappa shape index (κ1) is 17.5. The number of aliphatic hydroxyl groups excluding tert-OH is 1. The van der Waals surface area contributed by atoms with Crippen LogP contribution in [0.3, 0.4) is 0 Å². The second kappa shape index (κ2) is 7.40. The first-order valence-electron chi connectivity index (χ1n) is 9.31. The van der Waals surface area contributed by atoms with Crippen LogP contribution in [0.15, 0.2) is 59.8 Å². The maximum absolute atomic E-state index is 12.3. The lowest BCUT2D eigenvalue weighted by molar-refractivity contribution is 0.106. The van der Waals surface area contributed by atoms with E-state index in [1.165, 1.54) is 5.56 Å². The van der Waals surface area contributed by atoms with E-state index in [1.807, 2.05) is 37.5 Å². The van der Waals surface area contributed by atoms with Gasteiger partial charge in [-0.15, -0.1) is 0 Å². The average Bonchev–Trinajstić information content (AvgIpc) is 3.12. The van der Waals surface area contributed by atoms with E-state index >= 15 is 0 Å². The summed E-state index contributed by atoms with van der Waals surface area (Å²) >= 11 is 0. The minimum Gasteiger partial charge on any atom is -0.391 e. The molecule has 6 heteroatoms. The molecule has 1 aromatic carbocycles. The van der Waals surface area contributed by atoms with Crippen LogP contribution in [0.1, 0.15) is 30.7 Å². The van der Waals surface area contributed by atoms with Crippen molar-refractivity contribution in [3.05, 3.63) is 70.9 Å². The molecule has 1 aliphatic rings. The standard InChI is InChI=1S/C21H24N4O2/c1-25-13-17(12-23-25)16-9-19(21(27)22-11-16)24-18-8-7-15(10-20(18)26)14-5-3-2-4-6-14/h2-6,9,11-13,15,18,20,24,26H,7-8,10H2,1H3,(H,22,27)/t15-,18?,20?/m1/s1. The number of nitrogens with zero attached hydrogens (tertiary/aromatic N) is 2. The van der Waals surface area contributed by atoms with Gasteiger partial charge in [-0.1, -0.05) is 30.3 Å². The van der Waals surface area contributed by atoms with Crippen molar-refractivity contribution in [2.75, 3.05) is 5.32 Å². The molecule has 3 N–H and O–H groups in total. The number of hydrogen-bond acceptors (Lipinski definition) is 4. The Morgan fingerprint density at radius 3 is 2.74 bits per heavy atom. The van der Waals surface area contributed by atoms with E-state index < -0.39 is 6.10 Å². The van der Waals surface area contributed by atoms with Gasteiger partial charge in [0.15, 0.2) is 0 Å². The second-order valence-corrected chi connectivity index (χ2v) is 7.27. The highest BCUT2D eigenvalue weighted by atomic mass is 16.3. The Morgan fingerprint density at radius 2 is 2.04 bits per heavy atom. The number of aromatic amines is 1. The van der Waals surface area contributed by atoms with Crippen LogP contribution in [0.5, 0.6) is 0 Å². The van der Waals surface area contributed by atoms with E-state index in [9.17, 15) is 9.90 Å². The molecule has 4 rings (SSSR count). The van der Waals surface area contributed by atoms with Gasteiger partial charge in [0, 0.05) is 30.6 Å². The van der Waals surface area contributed by atoms with Crippen molar-refractivity contribution in [2.45, 2.75) is 37.3 Å².